The molecule has 1 aliphatic rings. The smallest absolute Gasteiger partial charge is 0.257 e. The van der Waals surface area contributed by atoms with E-state index in [1.165, 1.54) is 0 Å². The number of hydrogen-bond acceptors (Lipinski definition) is 3. The number of halogens is 1. The maximum Gasteiger partial charge on any atom is 0.257 e. The Morgan fingerprint density at radius 3 is 2.23 bits per heavy atom. The van der Waals surface area contributed by atoms with Crippen molar-refractivity contribution in [2.75, 3.05) is 26.2 Å². The minimum atomic E-state index is -0.0672. The van der Waals surface area contributed by atoms with Crippen LogP contribution >= 0.6 is 11.6 Å². The molecule has 0 bridgehead atoms. The summed E-state index contributed by atoms with van der Waals surface area (Å²) < 4.78 is 1.77. The Labute approximate surface area is 180 Å². The third-order valence-electron chi connectivity index (χ3n) is 5.34. The van der Waals surface area contributed by atoms with E-state index in [1.54, 1.807) is 27.6 Å². The number of carbonyl (C=O) groups is 2. The summed E-state index contributed by atoms with van der Waals surface area (Å²) in [6.07, 6.45) is 1.80. The van der Waals surface area contributed by atoms with Crippen molar-refractivity contribution in [1.82, 2.24) is 19.6 Å². The fourth-order valence-corrected chi connectivity index (χ4v) is 3.86. The van der Waals surface area contributed by atoms with Gasteiger partial charge in [-0.3, -0.25) is 14.3 Å². The lowest BCUT2D eigenvalue weighted by atomic mass is 10.1. The Kier molecular flexibility index (Phi) is 5.86. The molecule has 2 heterocycles. The second-order valence-corrected chi connectivity index (χ2v) is 7.75. The number of carbonyl (C=O) groups excluding carboxylic acids is 2. The van der Waals surface area contributed by atoms with Gasteiger partial charge in [0.15, 0.2) is 0 Å². The summed E-state index contributed by atoms with van der Waals surface area (Å²) in [6.45, 7) is 4.17. The van der Waals surface area contributed by atoms with E-state index in [9.17, 15) is 9.59 Å². The zero-order chi connectivity index (χ0) is 21.1. The van der Waals surface area contributed by atoms with Gasteiger partial charge in [-0.2, -0.15) is 5.10 Å². The van der Waals surface area contributed by atoms with Crippen LogP contribution in [-0.2, 0) is 11.3 Å². The largest absolute Gasteiger partial charge is 0.339 e. The molecule has 0 spiro atoms. The van der Waals surface area contributed by atoms with Gasteiger partial charge in [0.2, 0.25) is 5.91 Å². The molecule has 154 valence electrons. The molecule has 0 radical (unpaired) electrons. The van der Waals surface area contributed by atoms with Crippen LogP contribution in [0.3, 0.4) is 0 Å². The fourth-order valence-electron chi connectivity index (χ4n) is 3.66. The Balaban J connectivity index is 1.64. The van der Waals surface area contributed by atoms with Crippen LogP contribution in [0, 0.1) is 0 Å². The Morgan fingerprint density at radius 1 is 0.933 bits per heavy atom. The van der Waals surface area contributed by atoms with E-state index >= 15 is 0 Å². The van der Waals surface area contributed by atoms with Crippen LogP contribution in [0.1, 0.15) is 22.8 Å². The first kappa shape index (κ1) is 20.2. The van der Waals surface area contributed by atoms with Gasteiger partial charge in [0, 0.05) is 49.9 Å². The summed E-state index contributed by atoms with van der Waals surface area (Å²) in [5.41, 5.74) is 3.04. The van der Waals surface area contributed by atoms with Crippen LogP contribution in [0.5, 0.6) is 0 Å². The van der Waals surface area contributed by atoms with E-state index in [-0.39, 0.29) is 11.8 Å². The summed E-state index contributed by atoms with van der Waals surface area (Å²) in [6, 6.07) is 17.3. The standard InChI is InChI=1S/C23H23ClN4O2/c1-17(29)26-11-13-27(14-12-26)23(30)20-16-28(15-19-9-5-6-10-21(19)24)25-22(20)18-7-3-2-4-8-18/h2-10,16H,11-15H2,1H3. The first-order valence-corrected chi connectivity index (χ1v) is 10.3. The van der Waals surface area contributed by atoms with Gasteiger partial charge < -0.3 is 9.80 Å². The SMILES string of the molecule is CC(=O)N1CCN(C(=O)c2cn(Cc3ccccc3Cl)nc2-c2ccccc2)CC1. The molecule has 0 unspecified atom stereocenters. The molecular weight excluding hydrogens is 400 g/mol. The van der Waals surface area contributed by atoms with Crippen molar-refractivity contribution in [2.45, 2.75) is 13.5 Å². The number of rotatable bonds is 4. The van der Waals surface area contributed by atoms with Gasteiger partial charge >= 0.3 is 0 Å². The van der Waals surface area contributed by atoms with Crippen molar-refractivity contribution in [3.8, 4) is 11.3 Å². The van der Waals surface area contributed by atoms with E-state index in [0.29, 0.717) is 49.0 Å². The number of piperazine rings is 1. The summed E-state index contributed by atoms with van der Waals surface area (Å²) in [4.78, 5) is 28.5. The quantitative estimate of drug-likeness (QED) is 0.646. The average molecular weight is 423 g/mol. The number of nitrogens with zero attached hydrogens (tertiary/aromatic N) is 4. The van der Waals surface area contributed by atoms with Crippen molar-refractivity contribution >= 4 is 23.4 Å². The molecule has 2 aromatic carbocycles. The van der Waals surface area contributed by atoms with E-state index < -0.39 is 0 Å². The lowest BCUT2D eigenvalue weighted by molar-refractivity contribution is -0.130. The lowest BCUT2D eigenvalue weighted by Gasteiger charge is -2.34. The average Bonchev–Trinajstić information content (AvgIpc) is 3.19. The summed E-state index contributed by atoms with van der Waals surface area (Å²) in [7, 11) is 0. The minimum absolute atomic E-state index is 0.0413. The van der Waals surface area contributed by atoms with Crippen molar-refractivity contribution < 1.29 is 9.59 Å². The van der Waals surface area contributed by atoms with Crippen LogP contribution in [-0.4, -0.2) is 57.6 Å². The molecule has 1 aliphatic heterocycles. The van der Waals surface area contributed by atoms with Crippen LogP contribution < -0.4 is 0 Å². The van der Waals surface area contributed by atoms with Gasteiger partial charge in [-0.05, 0) is 11.6 Å². The molecule has 0 saturated carbocycles. The van der Waals surface area contributed by atoms with Gasteiger partial charge in [-0.1, -0.05) is 60.1 Å². The molecule has 1 saturated heterocycles. The molecule has 30 heavy (non-hydrogen) atoms. The number of hydrogen-bond donors (Lipinski definition) is 0. The maximum absolute atomic E-state index is 13.3. The third kappa shape index (κ3) is 4.24. The predicted octanol–water partition coefficient (Wildman–Crippen LogP) is 3.56. The predicted molar refractivity (Wildman–Crippen MR) is 116 cm³/mol. The first-order valence-electron chi connectivity index (χ1n) is 9.94. The molecule has 2 amide bonds. The van der Waals surface area contributed by atoms with E-state index in [0.717, 1.165) is 11.1 Å². The van der Waals surface area contributed by atoms with Crippen LogP contribution in [0.25, 0.3) is 11.3 Å². The van der Waals surface area contributed by atoms with Crippen molar-refractivity contribution in [3.05, 3.63) is 76.9 Å². The Morgan fingerprint density at radius 2 is 1.57 bits per heavy atom. The first-order chi connectivity index (χ1) is 14.5. The van der Waals surface area contributed by atoms with Crippen molar-refractivity contribution in [3.63, 3.8) is 0 Å². The van der Waals surface area contributed by atoms with Crippen LogP contribution in [0.2, 0.25) is 5.02 Å². The Bertz CT molecular complexity index is 1060. The minimum Gasteiger partial charge on any atom is -0.339 e. The molecule has 0 N–H and O–H groups in total. The zero-order valence-corrected chi connectivity index (χ0v) is 17.5. The van der Waals surface area contributed by atoms with E-state index in [4.69, 9.17) is 16.7 Å². The van der Waals surface area contributed by atoms with Gasteiger partial charge in [0.05, 0.1) is 12.1 Å². The Hall–Kier alpha value is -3.12. The molecular formula is C23H23ClN4O2. The van der Waals surface area contributed by atoms with Crippen molar-refractivity contribution in [2.24, 2.45) is 0 Å². The van der Waals surface area contributed by atoms with E-state index in [1.807, 2.05) is 54.6 Å². The molecule has 6 nitrogen and oxygen atoms in total. The highest BCUT2D eigenvalue weighted by atomic mass is 35.5. The molecule has 1 aromatic heterocycles. The normalized spacial score (nSPS) is 14.1. The second kappa shape index (κ2) is 8.71. The highest BCUT2D eigenvalue weighted by Crippen LogP contribution is 2.25. The molecule has 0 atom stereocenters. The van der Waals surface area contributed by atoms with Crippen LogP contribution in [0.15, 0.2) is 60.8 Å². The summed E-state index contributed by atoms with van der Waals surface area (Å²) in [5.74, 6) is -0.0258. The molecule has 7 heteroatoms. The van der Waals surface area contributed by atoms with E-state index in [2.05, 4.69) is 0 Å². The highest BCUT2D eigenvalue weighted by molar-refractivity contribution is 6.31. The summed E-state index contributed by atoms with van der Waals surface area (Å²) >= 11 is 6.31. The number of aromatic nitrogens is 2. The summed E-state index contributed by atoms with van der Waals surface area (Å²) in [5, 5.41) is 5.39. The van der Waals surface area contributed by atoms with Gasteiger partial charge in [-0.15, -0.1) is 0 Å². The van der Waals surface area contributed by atoms with Crippen LogP contribution in [0.4, 0.5) is 0 Å². The third-order valence-corrected chi connectivity index (χ3v) is 5.71. The van der Waals surface area contributed by atoms with Gasteiger partial charge in [0.25, 0.3) is 5.91 Å². The van der Waals surface area contributed by atoms with Gasteiger partial charge in [0.1, 0.15) is 5.69 Å². The van der Waals surface area contributed by atoms with Gasteiger partial charge in [-0.25, -0.2) is 0 Å². The monoisotopic (exact) mass is 422 g/mol. The molecule has 3 aromatic rings. The zero-order valence-electron chi connectivity index (χ0n) is 16.8. The van der Waals surface area contributed by atoms with Crippen molar-refractivity contribution in [1.29, 1.82) is 0 Å². The number of amides is 2. The molecule has 0 aliphatic carbocycles. The highest BCUT2D eigenvalue weighted by Gasteiger charge is 2.27. The fraction of sp³-hybridized carbons (Fsp3) is 0.261. The number of benzene rings is 2. The topological polar surface area (TPSA) is 58.4 Å². The lowest BCUT2D eigenvalue weighted by Crippen LogP contribution is -2.50. The second-order valence-electron chi connectivity index (χ2n) is 7.34. The molecule has 4 rings (SSSR count). The maximum atomic E-state index is 13.3. The molecule has 1 fully saturated rings.